The Hall–Kier alpha value is -4.14. The molecule has 3 aromatic rings. The molecule has 1 aliphatic carbocycles. The van der Waals surface area contributed by atoms with Crippen LogP contribution in [0, 0.1) is 0 Å². The number of nitrogens with one attached hydrogen (secondary N) is 1. The number of carbonyl (C=O) groups is 3. The highest BCUT2D eigenvalue weighted by atomic mass is 16.5. The monoisotopic (exact) mass is 463 g/mol. The van der Waals surface area contributed by atoms with Crippen molar-refractivity contribution in [1.82, 2.24) is 15.2 Å². The van der Waals surface area contributed by atoms with Crippen LogP contribution in [0.3, 0.4) is 0 Å². The molecule has 2 aromatic carbocycles. The Kier molecular flexibility index (Phi) is 6.91. The van der Waals surface area contributed by atoms with Gasteiger partial charge in [0.1, 0.15) is 6.61 Å². The van der Waals surface area contributed by atoms with Crippen molar-refractivity contribution in [3.05, 3.63) is 77.5 Å². The molecule has 2 amide bonds. The highest BCUT2D eigenvalue weighted by molar-refractivity contribution is 5.93. The summed E-state index contributed by atoms with van der Waals surface area (Å²) in [4.78, 5) is 41.3. The van der Waals surface area contributed by atoms with E-state index >= 15 is 0 Å². The third-order valence-corrected chi connectivity index (χ3v) is 5.84. The lowest BCUT2D eigenvalue weighted by Crippen LogP contribution is -2.34. The molecule has 34 heavy (non-hydrogen) atoms. The number of oxazole rings is 1. The van der Waals surface area contributed by atoms with Crippen molar-refractivity contribution in [1.29, 1.82) is 0 Å². The first-order valence-corrected chi connectivity index (χ1v) is 11.0. The van der Waals surface area contributed by atoms with Gasteiger partial charge >= 0.3 is 12.1 Å². The van der Waals surface area contributed by atoms with Gasteiger partial charge in [-0.15, -0.1) is 0 Å². The van der Waals surface area contributed by atoms with Gasteiger partial charge in [-0.3, -0.25) is 9.59 Å². The van der Waals surface area contributed by atoms with Crippen molar-refractivity contribution in [3.63, 3.8) is 0 Å². The number of benzene rings is 2. The maximum absolute atomic E-state index is 12.7. The predicted molar refractivity (Wildman–Crippen MR) is 122 cm³/mol. The molecule has 0 radical (unpaired) electrons. The van der Waals surface area contributed by atoms with Gasteiger partial charge in [0.2, 0.25) is 0 Å². The van der Waals surface area contributed by atoms with E-state index in [0.29, 0.717) is 6.54 Å². The number of alkyl carbamates (subject to hydrolysis) is 1. The first-order chi connectivity index (χ1) is 16.5. The molecule has 2 N–H and O–H groups in total. The van der Waals surface area contributed by atoms with Crippen LogP contribution in [0.25, 0.3) is 11.1 Å². The number of nitrogens with zero attached hydrogens (tertiary/aromatic N) is 2. The molecule has 9 nitrogen and oxygen atoms in total. The molecule has 0 saturated heterocycles. The summed E-state index contributed by atoms with van der Waals surface area (Å²) in [5, 5.41) is 11.5. The average Bonchev–Trinajstić information content (AvgIpc) is 3.44. The zero-order valence-corrected chi connectivity index (χ0v) is 18.7. The molecular weight excluding hydrogens is 438 g/mol. The number of carboxylic acids is 1. The molecule has 0 atom stereocenters. The summed E-state index contributed by atoms with van der Waals surface area (Å²) in [6.07, 6.45) is 0.299. The third kappa shape index (κ3) is 4.78. The smallest absolute Gasteiger partial charge is 0.407 e. The lowest BCUT2D eigenvalue weighted by atomic mass is 9.98. The molecule has 0 fully saturated rings. The SMILES string of the molecule is CCN(CCC(=O)O)C(=O)c1ncoc1CNC(=O)OCC1c2ccccc2-c2ccccc21. The summed E-state index contributed by atoms with van der Waals surface area (Å²) in [6.45, 7) is 2.19. The van der Waals surface area contributed by atoms with E-state index in [4.69, 9.17) is 14.3 Å². The van der Waals surface area contributed by atoms with Crippen LogP contribution in [0.15, 0.2) is 59.3 Å². The van der Waals surface area contributed by atoms with Gasteiger partial charge < -0.3 is 24.5 Å². The van der Waals surface area contributed by atoms with E-state index in [1.54, 1.807) is 6.92 Å². The summed E-state index contributed by atoms with van der Waals surface area (Å²) in [7, 11) is 0. The second-order valence-corrected chi connectivity index (χ2v) is 7.83. The van der Waals surface area contributed by atoms with Crippen LogP contribution in [0.5, 0.6) is 0 Å². The van der Waals surface area contributed by atoms with Crippen molar-refractivity contribution < 1.29 is 28.6 Å². The second kappa shape index (κ2) is 10.2. The van der Waals surface area contributed by atoms with Crippen LogP contribution in [0.4, 0.5) is 4.79 Å². The van der Waals surface area contributed by atoms with Gasteiger partial charge in [-0.2, -0.15) is 0 Å². The number of hydrogen-bond acceptors (Lipinski definition) is 6. The number of fused-ring (bicyclic) bond motifs is 3. The Bertz CT molecular complexity index is 1160. The zero-order valence-electron chi connectivity index (χ0n) is 18.7. The van der Waals surface area contributed by atoms with E-state index in [9.17, 15) is 14.4 Å². The normalized spacial score (nSPS) is 12.0. The van der Waals surface area contributed by atoms with Crippen LogP contribution in [-0.4, -0.2) is 52.7 Å². The number of carboxylic acid groups (broad SMARTS) is 1. The van der Waals surface area contributed by atoms with Crippen LogP contribution in [0.2, 0.25) is 0 Å². The lowest BCUT2D eigenvalue weighted by Gasteiger charge is -2.19. The number of amides is 2. The third-order valence-electron chi connectivity index (χ3n) is 5.84. The Balaban J connectivity index is 1.36. The zero-order chi connectivity index (χ0) is 24.1. The van der Waals surface area contributed by atoms with Crippen LogP contribution >= 0.6 is 0 Å². The fourth-order valence-electron chi connectivity index (χ4n) is 4.16. The topological polar surface area (TPSA) is 122 Å². The van der Waals surface area contributed by atoms with E-state index in [1.165, 1.54) is 4.90 Å². The Labute approximate surface area is 196 Å². The molecule has 1 heterocycles. The number of carbonyl (C=O) groups excluding carboxylic acids is 2. The summed E-state index contributed by atoms with van der Waals surface area (Å²) in [5.41, 5.74) is 4.54. The van der Waals surface area contributed by atoms with Gasteiger partial charge in [0.15, 0.2) is 17.8 Å². The van der Waals surface area contributed by atoms with Gasteiger partial charge in [-0.1, -0.05) is 48.5 Å². The minimum atomic E-state index is -0.997. The Morgan fingerprint density at radius 1 is 1.09 bits per heavy atom. The minimum absolute atomic E-state index is 0.0335. The summed E-state index contributed by atoms with van der Waals surface area (Å²) in [5.74, 6) is -1.34. The van der Waals surface area contributed by atoms with Gasteiger partial charge in [0.05, 0.1) is 13.0 Å². The Morgan fingerprint density at radius 3 is 2.35 bits per heavy atom. The maximum atomic E-state index is 12.7. The molecule has 0 bridgehead atoms. The molecule has 1 aromatic heterocycles. The Morgan fingerprint density at radius 2 is 1.74 bits per heavy atom. The van der Waals surface area contributed by atoms with E-state index in [-0.39, 0.29) is 43.5 Å². The average molecular weight is 463 g/mol. The molecule has 0 spiro atoms. The predicted octanol–water partition coefficient (Wildman–Crippen LogP) is 3.65. The van der Waals surface area contributed by atoms with Gasteiger partial charge in [0, 0.05) is 19.0 Å². The summed E-state index contributed by atoms with van der Waals surface area (Å²) in [6, 6.07) is 16.1. The molecule has 176 valence electrons. The summed E-state index contributed by atoms with van der Waals surface area (Å²) < 4.78 is 10.8. The van der Waals surface area contributed by atoms with Crippen molar-refractivity contribution in [2.24, 2.45) is 0 Å². The number of hydrogen-bond donors (Lipinski definition) is 2. The minimum Gasteiger partial charge on any atom is -0.481 e. The summed E-state index contributed by atoms with van der Waals surface area (Å²) >= 11 is 0. The molecule has 9 heteroatoms. The van der Waals surface area contributed by atoms with Crippen molar-refractivity contribution >= 4 is 18.0 Å². The van der Waals surface area contributed by atoms with Crippen molar-refractivity contribution in [2.75, 3.05) is 19.7 Å². The van der Waals surface area contributed by atoms with Crippen molar-refractivity contribution in [2.45, 2.75) is 25.8 Å². The molecular formula is C25H25N3O6. The largest absolute Gasteiger partial charge is 0.481 e. The van der Waals surface area contributed by atoms with E-state index < -0.39 is 18.0 Å². The van der Waals surface area contributed by atoms with Gasteiger partial charge in [0.25, 0.3) is 5.91 Å². The second-order valence-electron chi connectivity index (χ2n) is 7.83. The van der Waals surface area contributed by atoms with E-state index in [0.717, 1.165) is 28.6 Å². The fraction of sp³-hybridized carbons (Fsp3) is 0.280. The molecule has 4 rings (SSSR count). The van der Waals surface area contributed by atoms with Crippen LogP contribution in [-0.2, 0) is 16.1 Å². The lowest BCUT2D eigenvalue weighted by molar-refractivity contribution is -0.137. The number of ether oxygens (including phenoxy) is 1. The maximum Gasteiger partial charge on any atom is 0.407 e. The fourth-order valence-corrected chi connectivity index (χ4v) is 4.16. The molecule has 0 saturated carbocycles. The van der Waals surface area contributed by atoms with Crippen molar-refractivity contribution in [3.8, 4) is 11.1 Å². The van der Waals surface area contributed by atoms with Gasteiger partial charge in [-0.05, 0) is 29.2 Å². The first-order valence-electron chi connectivity index (χ1n) is 11.0. The number of aliphatic carboxylic acids is 1. The van der Waals surface area contributed by atoms with Crippen LogP contribution in [0.1, 0.15) is 46.6 Å². The standard InChI is InChI=1S/C25H25N3O6/c1-2-28(12-11-22(29)30)24(31)23-21(34-15-27-23)13-26-25(32)33-14-20-18-9-5-3-7-16(18)17-8-4-6-10-19(17)20/h3-10,15,20H,2,11-14H2,1H3,(H,26,32)(H,29,30). The van der Waals surface area contributed by atoms with Crippen LogP contribution < -0.4 is 5.32 Å². The number of aromatic nitrogens is 1. The number of rotatable bonds is 9. The molecule has 1 aliphatic rings. The highest BCUT2D eigenvalue weighted by Crippen LogP contribution is 2.44. The molecule has 0 unspecified atom stereocenters. The van der Waals surface area contributed by atoms with Gasteiger partial charge in [-0.25, -0.2) is 9.78 Å². The first kappa shape index (κ1) is 23.0. The van der Waals surface area contributed by atoms with E-state index in [2.05, 4.69) is 22.4 Å². The quantitative estimate of drug-likeness (QED) is 0.497. The highest BCUT2D eigenvalue weighted by Gasteiger charge is 2.29. The van der Waals surface area contributed by atoms with E-state index in [1.807, 2.05) is 36.4 Å². The molecule has 0 aliphatic heterocycles.